The maximum atomic E-state index is 13.4. The minimum absolute atomic E-state index is 0.0334. The number of carbonyl (C=O) groups is 2. The van der Waals surface area contributed by atoms with Crippen LogP contribution in [0.2, 0.25) is 0 Å². The van der Waals surface area contributed by atoms with Crippen molar-refractivity contribution >= 4 is 44.1 Å². The molecule has 10 nitrogen and oxygen atoms in total. The van der Waals surface area contributed by atoms with Gasteiger partial charge in [-0.3, -0.25) is 4.79 Å². The molecular weight excluding hydrogens is 478 g/mol. The number of esters is 1. The third-order valence-corrected chi connectivity index (χ3v) is 9.46. The summed E-state index contributed by atoms with van der Waals surface area (Å²) in [4.78, 5) is 29.9. The highest BCUT2D eigenvalue weighted by Crippen LogP contribution is 2.45. The van der Waals surface area contributed by atoms with Crippen molar-refractivity contribution in [1.29, 1.82) is 0 Å². The normalized spacial score (nSPS) is 20.1. The smallest absolute Gasteiger partial charge is 0.360 e. The molecular formula is C22H29N5O5S2. The number of nitrogens with one attached hydrogen (secondary N) is 2. The number of thiophene rings is 1. The van der Waals surface area contributed by atoms with Gasteiger partial charge in [0.25, 0.3) is 0 Å². The van der Waals surface area contributed by atoms with Crippen LogP contribution in [0, 0.1) is 11.8 Å². The predicted octanol–water partition coefficient (Wildman–Crippen LogP) is 2.47. The number of nitrogens with two attached hydrogens (primary N) is 1. The Kier molecular flexibility index (Phi) is 6.15. The van der Waals surface area contributed by atoms with Gasteiger partial charge in [0.15, 0.2) is 5.69 Å². The van der Waals surface area contributed by atoms with Gasteiger partial charge in [-0.15, -0.1) is 11.3 Å². The minimum atomic E-state index is -3.81. The average molecular weight is 508 g/mol. The number of aryl methyl sites for hydroxylation is 1. The fourth-order valence-corrected chi connectivity index (χ4v) is 7.43. The van der Waals surface area contributed by atoms with Crippen molar-refractivity contribution in [1.82, 2.24) is 14.3 Å². The lowest BCUT2D eigenvalue weighted by atomic mass is 9.94. The molecule has 3 aliphatic carbocycles. The molecule has 4 N–H and O–H groups in total. The number of aromatic nitrogens is 2. The van der Waals surface area contributed by atoms with Gasteiger partial charge >= 0.3 is 5.97 Å². The zero-order valence-corrected chi connectivity index (χ0v) is 20.6. The van der Waals surface area contributed by atoms with E-state index in [0.717, 1.165) is 30.6 Å². The lowest BCUT2D eigenvalue weighted by Gasteiger charge is -2.25. The predicted molar refractivity (Wildman–Crippen MR) is 127 cm³/mol. The molecule has 0 aromatic carbocycles. The first-order chi connectivity index (χ1) is 16.3. The molecule has 0 radical (unpaired) electrons. The molecule has 0 bridgehead atoms. The van der Waals surface area contributed by atoms with Crippen LogP contribution in [0.15, 0.2) is 11.2 Å². The van der Waals surface area contributed by atoms with E-state index in [1.807, 2.05) is 0 Å². The van der Waals surface area contributed by atoms with Crippen molar-refractivity contribution in [3.05, 3.63) is 22.5 Å². The van der Waals surface area contributed by atoms with Crippen LogP contribution in [0.1, 0.15) is 66.0 Å². The Morgan fingerprint density at radius 3 is 2.71 bits per heavy atom. The quantitative estimate of drug-likeness (QED) is 0.442. The van der Waals surface area contributed by atoms with Gasteiger partial charge in [0.2, 0.25) is 15.9 Å². The van der Waals surface area contributed by atoms with Crippen LogP contribution in [-0.4, -0.2) is 43.0 Å². The molecule has 2 saturated carbocycles. The Labute approximate surface area is 202 Å². The Bertz CT molecular complexity index is 1230. The number of nitrogen functional groups attached to an aromatic ring is 1. The molecule has 1 amide bonds. The van der Waals surface area contributed by atoms with Gasteiger partial charge < -0.3 is 20.4 Å². The second kappa shape index (κ2) is 8.97. The van der Waals surface area contributed by atoms with E-state index in [1.165, 1.54) is 17.7 Å². The Morgan fingerprint density at radius 1 is 1.26 bits per heavy atom. The highest BCUT2D eigenvalue weighted by molar-refractivity contribution is 7.90. The molecule has 1 atom stereocenters. The molecule has 2 aromatic heterocycles. The first-order valence-corrected chi connectivity index (χ1v) is 14.0. The number of rotatable bonds is 9. The largest absolute Gasteiger partial charge is 0.461 e. The summed E-state index contributed by atoms with van der Waals surface area (Å²) < 4.78 is 36.3. The summed E-state index contributed by atoms with van der Waals surface area (Å²) in [6.45, 7) is 2.34. The first kappa shape index (κ1) is 23.3. The Balaban J connectivity index is 1.46. The fraction of sp³-hybridized carbons (Fsp3) is 0.591. The molecule has 34 heavy (non-hydrogen) atoms. The van der Waals surface area contributed by atoms with E-state index in [4.69, 9.17) is 10.5 Å². The summed E-state index contributed by atoms with van der Waals surface area (Å²) in [7, 11) is -3.81. The van der Waals surface area contributed by atoms with E-state index < -0.39 is 16.0 Å². The molecule has 5 rings (SSSR count). The highest BCUT2D eigenvalue weighted by Gasteiger charge is 2.37. The summed E-state index contributed by atoms with van der Waals surface area (Å²) in [6, 6.07) is -0.165. The number of nitrogens with zero attached hydrogens (tertiary/aromatic N) is 2. The SMILES string of the molecule is CCOC(=O)c1ncn(C2CCc3sc(NC(=O)C4CC4)c(S(=O)(=O)NCC4CC4)c3C2)c1N. The van der Waals surface area contributed by atoms with Crippen LogP contribution >= 0.6 is 11.3 Å². The van der Waals surface area contributed by atoms with Crippen molar-refractivity contribution in [3.8, 4) is 0 Å². The molecule has 3 aliphatic rings. The zero-order chi connectivity index (χ0) is 24.0. The molecule has 0 aliphatic heterocycles. The topological polar surface area (TPSA) is 145 Å². The maximum Gasteiger partial charge on any atom is 0.360 e. The standard InChI is InChI=1S/C22H29N5O5S2/c1-2-32-22(29)17-19(23)27(11-24-17)14-7-8-16-15(9-14)18(34(30,31)25-10-12-3-4-12)21(33-16)26-20(28)13-5-6-13/h11-14,25H,2-10,23H2,1H3,(H,26,28). The van der Waals surface area contributed by atoms with Crippen LogP contribution in [0.25, 0.3) is 0 Å². The third-order valence-electron chi connectivity index (χ3n) is 6.59. The van der Waals surface area contributed by atoms with Crippen LogP contribution in [0.5, 0.6) is 0 Å². The number of ether oxygens (including phenoxy) is 1. The monoisotopic (exact) mass is 507 g/mol. The molecule has 0 saturated heterocycles. The van der Waals surface area contributed by atoms with Crippen LogP contribution in [0.4, 0.5) is 10.8 Å². The van der Waals surface area contributed by atoms with Gasteiger partial charge in [0, 0.05) is 23.4 Å². The number of carbonyl (C=O) groups excluding carboxylic acids is 2. The van der Waals surface area contributed by atoms with Crippen molar-refractivity contribution in [2.24, 2.45) is 11.8 Å². The van der Waals surface area contributed by atoms with Crippen LogP contribution in [0.3, 0.4) is 0 Å². The number of sulfonamides is 1. The van der Waals surface area contributed by atoms with Gasteiger partial charge in [-0.05, 0) is 63.4 Å². The van der Waals surface area contributed by atoms with Gasteiger partial charge in [-0.25, -0.2) is 22.9 Å². The molecule has 184 valence electrons. The first-order valence-electron chi connectivity index (χ1n) is 11.7. The summed E-state index contributed by atoms with van der Waals surface area (Å²) in [5, 5.41) is 3.29. The number of amides is 1. The van der Waals surface area contributed by atoms with E-state index in [1.54, 1.807) is 11.5 Å². The number of fused-ring (bicyclic) bond motifs is 1. The van der Waals surface area contributed by atoms with Crippen LogP contribution in [-0.2, 0) is 32.4 Å². The molecule has 0 spiro atoms. The zero-order valence-electron chi connectivity index (χ0n) is 19.0. The summed E-state index contributed by atoms with van der Waals surface area (Å²) >= 11 is 1.35. The molecule has 1 unspecified atom stereocenters. The Hall–Kier alpha value is -2.44. The lowest BCUT2D eigenvalue weighted by molar-refractivity contribution is -0.117. The van der Waals surface area contributed by atoms with E-state index >= 15 is 0 Å². The van der Waals surface area contributed by atoms with Gasteiger partial charge in [0.05, 0.1) is 12.9 Å². The minimum Gasteiger partial charge on any atom is -0.461 e. The fourth-order valence-electron chi connectivity index (χ4n) is 4.34. The van der Waals surface area contributed by atoms with E-state index in [2.05, 4.69) is 15.0 Å². The van der Waals surface area contributed by atoms with E-state index in [9.17, 15) is 18.0 Å². The molecule has 2 heterocycles. The summed E-state index contributed by atoms with van der Waals surface area (Å²) in [6.07, 6.45) is 7.00. The van der Waals surface area contributed by atoms with Crippen molar-refractivity contribution < 1.29 is 22.7 Å². The number of hydrogen-bond acceptors (Lipinski definition) is 8. The highest BCUT2D eigenvalue weighted by atomic mass is 32.2. The number of hydrogen-bond donors (Lipinski definition) is 3. The molecule has 2 aromatic rings. The van der Waals surface area contributed by atoms with Crippen molar-refractivity contribution in [2.45, 2.75) is 62.8 Å². The van der Waals surface area contributed by atoms with E-state index in [0.29, 0.717) is 42.3 Å². The average Bonchev–Trinajstić information content (AvgIpc) is 3.72. The molecule has 2 fully saturated rings. The van der Waals surface area contributed by atoms with Gasteiger partial charge in [-0.1, -0.05) is 0 Å². The van der Waals surface area contributed by atoms with Gasteiger partial charge in [0.1, 0.15) is 15.7 Å². The van der Waals surface area contributed by atoms with Crippen LogP contribution < -0.4 is 15.8 Å². The number of anilines is 2. The third kappa shape index (κ3) is 4.58. The maximum absolute atomic E-state index is 13.4. The van der Waals surface area contributed by atoms with Gasteiger partial charge in [-0.2, -0.15) is 0 Å². The summed E-state index contributed by atoms with van der Waals surface area (Å²) in [5.41, 5.74) is 7.00. The lowest BCUT2D eigenvalue weighted by Crippen LogP contribution is -2.29. The second-order valence-corrected chi connectivity index (χ2v) is 12.0. The molecule has 12 heteroatoms. The number of imidazole rings is 1. The van der Waals surface area contributed by atoms with Crippen molar-refractivity contribution in [2.75, 3.05) is 24.2 Å². The van der Waals surface area contributed by atoms with E-state index in [-0.39, 0.29) is 40.9 Å². The van der Waals surface area contributed by atoms with Crippen molar-refractivity contribution in [3.63, 3.8) is 0 Å². The Morgan fingerprint density at radius 2 is 2.03 bits per heavy atom. The second-order valence-electron chi connectivity index (χ2n) is 9.22. The summed E-state index contributed by atoms with van der Waals surface area (Å²) in [5.74, 6) is -0.141.